The van der Waals surface area contributed by atoms with Crippen LogP contribution in [0.15, 0.2) is 199 Å². The number of nitrogens with zero attached hydrogens (tertiary/aromatic N) is 1. The number of aliphatic imine (C=N–C) groups is 1. The van der Waals surface area contributed by atoms with Gasteiger partial charge in [-0.1, -0.05) is 172 Å². The minimum atomic E-state index is -0.0492. The van der Waals surface area contributed by atoms with Crippen molar-refractivity contribution in [2.75, 3.05) is 0 Å². The maximum Gasteiger partial charge on any atom is 0.0678 e. The van der Waals surface area contributed by atoms with Crippen LogP contribution in [0.4, 0.5) is 0 Å². The number of allylic oxidation sites excluding steroid dienone is 1. The molecule has 1 aliphatic rings. The van der Waals surface area contributed by atoms with Gasteiger partial charge in [-0.2, -0.15) is 0 Å². The van der Waals surface area contributed by atoms with Gasteiger partial charge in [0.15, 0.2) is 0 Å². The Labute approximate surface area is 354 Å². The van der Waals surface area contributed by atoms with Crippen molar-refractivity contribution in [2.45, 2.75) is 25.8 Å². The minimum Gasteiger partial charge on any atom is -0.398 e. The topological polar surface area (TPSA) is 38.4 Å². The van der Waals surface area contributed by atoms with Crippen molar-refractivity contribution < 1.29 is 0 Å². The quantitative estimate of drug-likeness (QED) is 0.161. The van der Waals surface area contributed by atoms with Crippen LogP contribution in [0.1, 0.15) is 41.7 Å². The van der Waals surface area contributed by atoms with E-state index in [2.05, 4.69) is 202 Å². The summed E-state index contributed by atoms with van der Waals surface area (Å²) in [4.78, 5) is 5.26. The van der Waals surface area contributed by atoms with E-state index >= 15 is 0 Å². The number of hydrogen-bond acceptors (Lipinski definition) is 3. The molecule has 1 heterocycles. The number of benzene rings is 9. The zero-order chi connectivity index (χ0) is 40.4. The van der Waals surface area contributed by atoms with Crippen LogP contribution >= 0.6 is 11.3 Å². The Balaban J connectivity index is 0.960. The fourth-order valence-corrected chi connectivity index (χ4v) is 10.6. The molecule has 0 aliphatic heterocycles. The van der Waals surface area contributed by atoms with E-state index in [0.717, 1.165) is 33.2 Å². The summed E-state index contributed by atoms with van der Waals surface area (Å²) in [7, 11) is 0. The van der Waals surface area contributed by atoms with Gasteiger partial charge >= 0.3 is 0 Å². The summed E-state index contributed by atoms with van der Waals surface area (Å²) < 4.78 is 2.51. The lowest BCUT2D eigenvalue weighted by atomic mass is 9.81. The van der Waals surface area contributed by atoms with Crippen LogP contribution in [-0.2, 0) is 12.0 Å². The van der Waals surface area contributed by atoms with Crippen LogP contribution in [0.2, 0.25) is 0 Å². The second-order valence-corrected chi connectivity index (χ2v) is 17.6. The lowest BCUT2D eigenvalue weighted by Gasteiger charge is -2.22. The molecule has 0 amide bonds. The van der Waals surface area contributed by atoms with Gasteiger partial charge in [0, 0.05) is 42.4 Å². The fraction of sp³-hybridized carbons (Fsp3) is 0.0702. The molecule has 2 nitrogen and oxygen atoms in total. The van der Waals surface area contributed by atoms with Crippen LogP contribution < -0.4 is 5.73 Å². The van der Waals surface area contributed by atoms with Gasteiger partial charge in [-0.05, 0) is 108 Å². The Morgan fingerprint density at radius 1 is 0.517 bits per heavy atom. The highest BCUT2D eigenvalue weighted by Crippen LogP contribution is 2.51. The molecule has 3 heteroatoms. The SMILES string of the molecule is CC1(C)c2ccc(-c3ccc(-c4ccc(/C(N)=C/C(=NCc5ccccc5)c5cccc6sc7ccccc7c56)c5ccccc45)cc3)cc2-c2cc3ccccc3cc21. The molecule has 10 aromatic rings. The highest BCUT2D eigenvalue weighted by molar-refractivity contribution is 7.25. The van der Waals surface area contributed by atoms with E-state index in [9.17, 15) is 0 Å². The van der Waals surface area contributed by atoms with Gasteiger partial charge in [0.05, 0.1) is 12.3 Å². The smallest absolute Gasteiger partial charge is 0.0678 e. The van der Waals surface area contributed by atoms with Crippen molar-refractivity contribution >= 4 is 64.5 Å². The van der Waals surface area contributed by atoms with E-state index in [1.165, 1.54) is 75.5 Å². The molecule has 1 aliphatic carbocycles. The number of hydrogen-bond donors (Lipinski definition) is 1. The van der Waals surface area contributed by atoms with Gasteiger partial charge in [0.2, 0.25) is 0 Å². The fourth-order valence-electron chi connectivity index (χ4n) is 9.44. The lowest BCUT2D eigenvalue weighted by molar-refractivity contribution is 0.661. The number of thiophene rings is 1. The van der Waals surface area contributed by atoms with Crippen LogP contribution in [0.3, 0.4) is 0 Å². The largest absolute Gasteiger partial charge is 0.398 e. The molecular weight excluding hydrogens is 745 g/mol. The molecule has 9 aromatic carbocycles. The van der Waals surface area contributed by atoms with E-state index < -0.39 is 0 Å². The second-order valence-electron chi connectivity index (χ2n) is 16.5. The summed E-state index contributed by atoms with van der Waals surface area (Å²) in [6, 6.07) is 68.1. The first-order valence-electron chi connectivity index (χ1n) is 20.7. The first-order valence-corrected chi connectivity index (χ1v) is 21.5. The van der Waals surface area contributed by atoms with Crippen molar-refractivity contribution in [3.63, 3.8) is 0 Å². The van der Waals surface area contributed by atoms with Crippen LogP contribution in [0.5, 0.6) is 0 Å². The molecule has 1 aromatic heterocycles. The third-order valence-electron chi connectivity index (χ3n) is 12.6. The zero-order valence-corrected chi connectivity index (χ0v) is 34.4. The normalized spacial score (nSPS) is 13.6. The second kappa shape index (κ2) is 14.3. The molecule has 11 rings (SSSR count). The highest BCUT2D eigenvalue weighted by atomic mass is 32.1. The molecule has 286 valence electrons. The Morgan fingerprint density at radius 3 is 1.98 bits per heavy atom. The number of nitrogens with two attached hydrogens (primary N) is 1. The van der Waals surface area contributed by atoms with Crippen LogP contribution in [-0.4, -0.2) is 5.71 Å². The average molecular weight is 787 g/mol. The maximum atomic E-state index is 7.17. The summed E-state index contributed by atoms with van der Waals surface area (Å²) in [5, 5.41) is 7.32. The molecule has 0 spiro atoms. The zero-order valence-electron chi connectivity index (χ0n) is 33.6. The Bertz CT molecular complexity index is 3370. The Hall–Kier alpha value is -7.07. The molecule has 0 atom stereocenters. The minimum absolute atomic E-state index is 0.0492. The molecule has 0 radical (unpaired) electrons. The molecule has 2 N–H and O–H groups in total. The summed E-state index contributed by atoms with van der Waals surface area (Å²) in [6.45, 7) is 5.26. The van der Waals surface area contributed by atoms with Gasteiger partial charge in [0.1, 0.15) is 0 Å². The van der Waals surface area contributed by atoms with Gasteiger partial charge in [-0.15, -0.1) is 11.3 Å². The summed E-state index contributed by atoms with van der Waals surface area (Å²) >= 11 is 1.82. The van der Waals surface area contributed by atoms with Gasteiger partial charge in [-0.25, -0.2) is 0 Å². The molecule has 0 unspecified atom stereocenters. The van der Waals surface area contributed by atoms with Crippen molar-refractivity contribution in [3.8, 4) is 33.4 Å². The first-order chi connectivity index (χ1) is 29.4. The predicted molar refractivity (Wildman–Crippen MR) is 258 cm³/mol. The summed E-state index contributed by atoms with van der Waals surface area (Å²) in [5.74, 6) is 0. The van der Waals surface area contributed by atoms with E-state index in [4.69, 9.17) is 10.7 Å². The van der Waals surface area contributed by atoms with Crippen molar-refractivity contribution in [2.24, 2.45) is 10.7 Å². The van der Waals surface area contributed by atoms with Gasteiger partial charge in [0.25, 0.3) is 0 Å². The van der Waals surface area contributed by atoms with Crippen molar-refractivity contribution in [3.05, 3.63) is 222 Å². The molecule has 0 saturated carbocycles. The van der Waals surface area contributed by atoms with E-state index in [1.807, 2.05) is 17.4 Å². The predicted octanol–water partition coefficient (Wildman–Crippen LogP) is 15.0. The number of fused-ring (bicyclic) bond motifs is 8. The first kappa shape index (κ1) is 36.0. The lowest BCUT2D eigenvalue weighted by Crippen LogP contribution is -2.14. The Morgan fingerprint density at radius 2 is 1.17 bits per heavy atom. The molecule has 60 heavy (non-hydrogen) atoms. The monoisotopic (exact) mass is 786 g/mol. The number of rotatable bonds is 7. The van der Waals surface area contributed by atoms with E-state index in [1.54, 1.807) is 0 Å². The third-order valence-corrected chi connectivity index (χ3v) is 13.7. The van der Waals surface area contributed by atoms with Gasteiger partial charge in [-0.3, -0.25) is 4.99 Å². The van der Waals surface area contributed by atoms with Crippen LogP contribution in [0, 0.1) is 0 Å². The van der Waals surface area contributed by atoms with Crippen molar-refractivity contribution in [1.29, 1.82) is 0 Å². The molecule has 0 saturated heterocycles. The maximum absolute atomic E-state index is 7.17. The average Bonchev–Trinajstić information content (AvgIpc) is 3.78. The standard InChI is InChI=1S/C57H42N2S/c1-57(2)50-30-27-41(32-48(50)49-31-39-15-6-7-16-40(39)33-51(49)57)37-23-25-38(26-24-37)42-28-29-45(44-18-9-8-17-43(42)44)52(58)34-53(59-35-36-13-4-3-5-14-36)46-20-12-22-55-56(46)47-19-10-11-21-54(47)60-55/h3-34H,35,58H2,1-2H3/b52-34-,59-53?. The Kier molecular flexibility index (Phi) is 8.61. The van der Waals surface area contributed by atoms with Gasteiger partial charge < -0.3 is 5.73 Å². The summed E-state index contributed by atoms with van der Waals surface area (Å²) in [6.07, 6.45) is 2.08. The highest BCUT2D eigenvalue weighted by Gasteiger charge is 2.35. The third kappa shape index (κ3) is 6.04. The molecule has 0 fully saturated rings. The van der Waals surface area contributed by atoms with Crippen molar-refractivity contribution in [1.82, 2.24) is 0 Å². The van der Waals surface area contributed by atoms with E-state index in [0.29, 0.717) is 12.2 Å². The molecular formula is C57H42N2S. The van der Waals surface area contributed by atoms with Crippen LogP contribution in [0.25, 0.3) is 80.8 Å². The van der Waals surface area contributed by atoms with E-state index in [-0.39, 0.29) is 5.41 Å². The molecule has 0 bridgehead atoms. The summed E-state index contributed by atoms with van der Waals surface area (Å²) in [5.41, 5.74) is 22.2.